The minimum absolute atomic E-state index is 0.0570. The molecule has 6 nitrogen and oxygen atoms in total. The van der Waals surface area contributed by atoms with Crippen LogP contribution in [0.1, 0.15) is 17.5 Å². The molecule has 3 aromatic heterocycles. The van der Waals surface area contributed by atoms with Crippen LogP contribution in [0.3, 0.4) is 0 Å². The van der Waals surface area contributed by atoms with E-state index in [0.717, 1.165) is 28.8 Å². The normalized spacial score (nSPS) is 17.1. The Balaban J connectivity index is 1.53. The van der Waals surface area contributed by atoms with E-state index in [1.807, 2.05) is 25.1 Å². The van der Waals surface area contributed by atoms with Gasteiger partial charge in [0.15, 0.2) is 5.82 Å². The number of nitrogens with one attached hydrogen (secondary N) is 1. The molecule has 0 bridgehead atoms. The molecule has 3 aromatic rings. The molecule has 0 aliphatic carbocycles. The van der Waals surface area contributed by atoms with Crippen molar-refractivity contribution in [2.75, 3.05) is 11.4 Å². The summed E-state index contributed by atoms with van der Waals surface area (Å²) in [4.78, 5) is 22.8. The van der Waals surface area contributed by atoms with E-state index in [-0.39, 0.29) is 11.8 Å². The number of H-pyrrole nitrogens is 1. The number of anilines is 1. The molecule has 7 heteroatoms. The third kappa shape index (κ3) is 3.08. The molecular weight excluding hydrogens is 350 g/mol. The second-order valence-corrected chi connectivity index (χ2v) is 6.84. The molecule has 4 rings (SSSR count). The standard InChI is InChI=1S/C19H18ClN5O/c1-12-17(14-4-7-21-8-5-14)23-24-18(12)25-9-6-15(19(25)26)10-13-2-3-16(20)22-11-13/h2-5,7-8,11,15H,6,9-10H2,1H3,(H,23,24). The van der Waals surface area contributed by atoms with Crippen LogP contribution >= 0.6 is 11.6 Å². The fourth-order valence-electron chi connectivity index (χ4n) is 3.40. The highest BCUT2D eigenvalue weighted by Gasteiger charge is 2.35. The Bertz CT molecular complexity index is 923. The average molecular weight is 368 g/mol. The quantitative estimate of drug-likeness (QED) is 0.717. The molecular formula is C19H18ClN5O. The lowest BCUT2D eigenvalue weighted by Crippen LogP contribution is -2.28. The molecule has 1 saturated heterocycles. The maximum atomic E-state index is 12.9. The first kappa shape index (κ1) is 16.7. The maximum absolute atomic E-state index is 12.9. The van der Waals surface area contributed by atoms with E-state index in [9.17, 15) is 4.79 Å². The zero-order valence-corrected chi connectivity index (χ0v) is 15.1. The highest BCUT2D eigenvalue weighted by molar-refractivity contribution is 6.29. The van der Waals surface area contributed by atoms with E-state index >= 15 is 0 Å². The molecule has 4 heterocycles. The topological polar surface area (TPSA) is 74.8 Å². The summed E-state index contributed by atoms with van der Waals surface area (Å²) in [5.41, 5.74) is 3.91. The van der Waals surface area contributed by atoms with Crippen LogP contribution in [-0.2, 0) is 11.2 Å². The number of aromatic nitrogens is 4. The average Bonchev–Trinajstić information content (AvgIpc) is 3.21. The number of nitrogens with zero attached hydrogens (tertiary/aromatic N) is 4. The molecule has 1 aliphatic rings. The van der Waals surface area contributed by atoms with Gasteiger partial charge in [0.2, 0.25) is 5.91 Å². The monoisotopic (exact) mass is 367 g/mol. The Morgan fingerprint density at radius 2 is 2.08 bits per heavy atom. The molecule has 1 N–H and O–H groups in total. The molecule has 1 unspecified atom stereocenters. The Hall–Kier alpha value is -2.73. The fraction of sp³-hybridized carbons (Fsp3) is 0.263. The minimum Gasteiger partial charge on any atom is -0.295 e. The zero-order valence-electron chi connectivity index (χ0n) is 14.3. The van der Waals surface area contributed by atoms with E-state index < -0.39 is 0 Å². The van der Waals surface area contributed by atoms with Crippen LogP contribution in [0.15, 0.2) is 42.9 Å². The second-order valence-electron chi connectivity index (χ2n) is 6.45. The number of carbonyl (C=O) groups excluding carboxylic acids is 1. The molecule has 0 aromatic carbocycles. The van der Waals surface area contributed by atoms with Crippen molar-refractivity contribution < 1.29 is 4.79 Å². The van der Waals surface area contributed by atoms with E-state index in [4.69, 9.17) is 11.6 Å². The number of hydrogen-bond donors (Lipinski definition) is 1. The predicted octanol–water partition coefficient (Wildman–Crippen LogP) is 3.42. The van der Waals surface area contributed by atoms with E-state index in [2.05, 4.69) is 20.2 Å². The molecule has 1 aliphatic heterocycles. The lowest BCUT2D eigenvalue weighted by molar-refractivity contribution is -0.120. The van der Waals surface area contributed by atoms with Crippen LogP contribution in [-0.4, -0.2) is 32.6 Å². The number of carbonyl (C=O) groups is 1. The number of amides is 1. The number of rotatable bonds is 4. The minimum atomic E-state index is -0.0570. The molecule has 0 radical (unpaired) electrons. The van der Waals surface area contributed by atoms with Crippen LogP contribution in [0.2, 0.25) is 5.15 Å². The Morgan fingerprint density at radius 3 is 2.81 bits per heavy atom. The first-order chi connectivity index (χ1) is 12.6. The summed E-state index contributed by atoms with van der Waals surface area (Å²) >= 11 is 5.83. The molecule has 132 valence electrons. The molecule has 1 atom stereocenters. The summed E-state index contributed by atoms with van der Waals surface area (Å²) in [6, 6.07) is 7.53. The van der Waals surface area contributed by atoms with Gasteiger partial charge in [-0.3, -0.25) is 19.8 Å². The van der Waals surface area contributed by atoms with Crippen LogP contribution in [0.4, 0.5) is 5.82 Å². The van der Waals surface area contributed by atoms with Crippen molar-refractivity contribution in [3.05, 3.63) is 59.1 Å². The zero-order chi connectivity index (χ0) is 18.1. The number of aromatic amines is 1. The molecule has 1 amide bonds. The van der Waals surface area contributed by atoms with Gasteiger partial charge in [0.25, 0.3) is 0 Å². The summed E-state index contributed by atoms with van der Waals surface area (Å²) in [5.74, 6) is 0.757. The van der Waals surface area contributed by atoms with Crippen LogP contribution in [0.25, 0.3) is 11.3 Å². The molecule has 0 spiro atoms. The lowest BCUT2D eigenvalue weighted by Gasteiger charge is -2.15. The third-order valence-electron chi connectivity index (χ3n) is 4.80. The first-order valence-electron chi connectivity index (χ1n) is 8.50. The van der Waals surface area contributed by atoms with Crippen molar-refractivity contribution in [1.29, 1.82) is 0 Å². The van der Waals surface area contributed by atoms with Crippen molar-refractivity contribution in [2.45, 2.75) is 19.8 Å². The Kier molecular flexibility index (Phi) is 4.42. The van der Waals surface area contributed by atoms with Gasteiger partial charge in [0.05, 0.1) is 5.69 Å². The first-order valence-corrected chi connectivity index (χ1v) is 8.88. The van der Waals surface area contributed by atoms with E-state index in [1.165, 1.54) is 0 Å². The SMILES string of the molecule is Cc1c(N2CCC(Cc3ccc(Cl)nc3)C2=O)n[nH]c1-c1ccncc1. The highest BCUT2D eigenvalue weighted by atomic mass is 35.5. The predicted molar refractivity (Wildman–Crippen MR) is 100.0 cm³/mol. The van der Waals surface area contributed by atoms with Crippen LogP contribution < -0.4 is 4.90 Å². The van der Waals surface area contributed by atoms with E-state index in [1.54, 1.807) is 29.6 Å². The molecule has 0 saturated carbocycles. The summed E-state index contributed by atoms with van der Waals surface area (Å²) in [6.07, 6.45) is 6.69. The van der Waals surface area contributed by atoms with Crippen LogP contribution in [0, 0.1) is 12.8 Å². The summed E-state index contributed by atoms with van der Waals surface area (Å²) in [5, 5.41) is 7.93. The fourth-order valence-corrected chi connectivity index (χ4v) is 3.51. The number of halogens is 1. The van der Waals surface area contributed by atoms with Gasteiger partial charge in [-0.25, -0.2) is 4.98 Å². The van der Waals surface area contributed by atoms with Gasteiger partial charge < -0.3 is 0 Å². The Morgan fingerprint density at radius 1 is 1.27 bits per heavy atom. The van der Waals surface area contributed by atoms with Crippen LogP contribution in [0.5, 0.6) is 0 Å². The summed E-state index contributed by atoms with van der Waals surface area (Å²) in [7, 11) is 0. The molecule has 1 fully saturated rings. The van der Waals surface area contributed by atoms with Gasteiger partial charge in [-0.2, -0.15) is 5.10 Å². The largest absolute Gasteiger partial charge is 0.295 e. The van der Waals surface area contributed by atoms with Crippen molar-refractivity contribution >= 4 is 23.3 Å². The smallest absolute Gasteiger partial charge is 0.231 e. The highest BCUT2D eigenvalue weighted by Crippen LogP contribution is 2.32. The third-order valence-corrected chi connectivity index (χ3v) is 5.02. The van der Waals surface area contributed by atoms with Gasteiger partial charge in [0.1, 0.15) is 5.15 Å². The Labute approximate surface area is 156 Å². The van der Waals surface area contributed by atoms with Gasteiger partial charge in [-0.1, -0.05) is 17.7 Å². The van der Waals surface area contributed by atoms with Crippen molar-refractivity contribution in [3.8, 4) is 11.3 Å². The second kappa shape index (κ2) is 6.88. The van der Waals surface area contributed by atoms with Crippen molar-refractivity contribution in [3.63, 3.8) is 0 Å². The number of hydrogen-bond acceptors (Lipinski definition) is 4. The van der Waals surface area contributed by atoms with E-state index in [0.29, 0.717) is 23.9 Å². The summed E-state index contributed by atoms with van der Waals surface area (Å²) < 4.78 is 0. The van der Waals surface area contributed by atoms with Crippen molar-refractivity contribution in [2.24, 2.45) is 5.92 Å². The van der Waals surface area contributed by atoms with Gasteiger partial charge in [0, 0.05) is 42.2 Å². The van der Waals surface area contributed by atoms with Gasteiger partial charge >= 0.3 is 0 Å². The maximum Gasteiger partial charge on any atom is 0.231 e. The molecule has 26 heavy (non-hydrogen) atoms. The van der Waals surface area contributed by atoms with Gasteiger partial charge in [-0.05, 0) is 43.5 Å². The van der Waals surface area contributed by atoms with Crippen molar-refractivity contribution in [1.82, 2.24) is 20.2 Å². The summed E-state index contributed by atoms with van der Waals surface area (Å²) in [6.45, 7) is 2.66. The van der Waals surface area contributed by atoms with Gasteiger partial charge in [-0.15, -0.1) is 0 Å². The number of pyridine rings is 2. The lowest BCUT2D eigenvalue weighted by atomic mass is 9.99.